The van der Waals surface area contributed by atoms with Gasteiger partial charge in [0.15, 0.2) is 0 Å². The van der Waals surface area contributed by atoms with Crippen LogP contribution >= 0.6 is 0 Å². The first-order valence-corrected chi connectivity index (χ1v) is 7.22. The third-order valence-electron chi connectivity index (χ3n) is 4.04. The number of fused-ring (bicyclic) bond motifs is 2. The molecule has 23 heavy (non-hydrogen) atoms. The monoisotopic (exact) mass is 310 g/mol. The molecule has 0 aromatic carbocycles. The Kier molecular flexibility index (Phi) is 2.90. The van der Waals surface area contributed by atoms with Gasteiger partial charge in [0.25, 0.3) is 11.5 Å². The summed E-state index contributed by atoms with van der Waals surface area (Å²) in [5.41, 5.74) is 7.81. The lowest BCUT2D eigenvalue weighted by atomic mass is 10.1. The fourth-order valence-electron chi connectivity index (χ4n) is 2.90. The maximum Gasteiger partial charge on any atom is 0.258 e. The summed E-state index contributed by atoms with van der Waals surface area (Å²) in [6, 6.07) is 5.56. The first-order chi connectivity index (χ1) is 11.1. The molecule has 3 aromatic heterocycles. The van der Waals surface area contributed by atoms with Crippen molar-refractivity contribution < 1.29 is 4.79 Å². The van der Waals surface area contributed by atoms with E-state index in [4.69, 9.17) is 5.73 Å². The summed E-state index contributed by atoms with van der Waals surface area (Å²) in [6.45, 7) is 0.733. The number of nitrogens with zero attached hydrogens (tertiary/aromatic N) is 4. The Balaban J connectivity index is 1.69. The molecular formula is C15H14N6O2. The molecule has 0 radical (unpaired) electrons. The number of nitrogens with one attached hydrogen (secondary N) is 1. The van der Waals surface area contributed by atoms with Crippen LogP contribution in [0.2, 0.25) is 0 Å². The number of nitrogen functional groups attached to an aromatic ring is 1. The molecule has 0 atom stereocenters. The minimum atomic E-state index is -0.226. The maximum absolute atomic E-state index is 12.8. The van der Waals surface area contributed by atoms with E-state index in [1.54, 1.807) is 21.8 Å². The summed E-state index contributed by atoms with van der Waals surface area (Å²) in [5.74, 6) is -0.0588. The van der Waals surface area contributed by atoms with Crippen LogP contribution in [-0.2, 0) is 13.0 Å². The molecule has 0 spiro atoms. The Hall–Kier alpha value is -3.16. The van der Waals surface area contributed by atoms with Crippen molar-refractivity contribution in [1.82, 2.24) is 24.5 Å². The zero-order chi connectivity index (χ0) is 16.0. The van der Waals surface area contributed by atoms with Gasteiger partial charge < -0.3 is 10.6 Å². The molecule has 3 aromatic rings. The SMILES string of the molecule is Nc1nc2c(c(=O)[nH]1)CCN(C(=O)c1cnn3ccccc13)C2. The molecule has 0 bridgehead atoms. The highest BCUT2D eigenvalue weighted by atomic mass is 16.2. The van der Waals surface area contributed by atoms with Crippen LogP contribution in [-0.4, -0.2) is 36.9 Å². The fourth-order valence-corrected chi connectivity index (χ4v) is 2.90. The largest absolute Gasteiger partial charge is 0.369 e. The minimum Gasteiger partial charge on any atom is -0.369 e. The van der Waals surface area contributed by atoms with Crippen molar-refractivity contribution in [3.05, 3.63) is 57.8 Å². The molecule has 0 saturated carbocycles. The number of carbonyl (C=O) groups is 1. The highest BCUT2D eigenvalue weighted by molar-refractivity contribution is 6.00. The zero-order valence-electron chi connectivity index (χ0n) is 12.2. The van der Waals surface area contributed by atoms with Gasteiger partial charge in [0.2, 0.25) is 5.95 Å². The number of H-pyrrole nitrogens is 1. The summed E-state index contributed by atoms with van der Waals surface area (Å²) < 4.78 is 1.66. The molecule has 3 N–H and O–H groups in total. The van der Waals surface area contributed by atoms with Gasteiger partial charge in [0.05, 0.1) is 29.5 Å². The molecule has 8 nitrogen and oxygen atoms in total. The van der Waals surface area contributed by atoms with Crippen molar-refractivity contribution in [2.45, 2.75) is 13.0 Å². The minimum absolute atomic E-state index is 0.0685. The lowest BCUT2D eigenvalue weighted by molar-refractivity contribution is 0.0733. The second kappa shape index (κ2) is 4.94. The molecule has 116 valence electrons. The summed E-state index contributed by atoms with van der Waals surface area (Å²) in [4.78, 5) is 33.0. The molecule has 4 heterocycles. The number of hydrogen-bond acceptors (Lipinski definition) is 5. The van der Waals surface area contributed by atoms with Crippen LogP contribution < -0.4 is 11.3 Å². The van der Waals surface area contributed by atoms with Crippen molar-refractivity contribution in [3.63, 3.8) is 0 Å². The van der Waals surface area contributed by atoms with Crippen LogP contribution in [0, 0.1) is 0 Å². The van der Waals surface area contributed by atoms with Crippen molar-refractivity contribution in [3.8, 4) is 0 Å². The van der Waals surface area contributed by atoms with E-state index in [0.29, 0.717) is 29.8 Å². The first kappa shape index (κ1) is 13.5. The molecule has 1 aliphatic heterocycles. The quantitative estimate of drug-likeness (QED) is 0.667. The van der Waals surface area contributed by atoms with E-state index in [1.165, 1.54) is 0 Å². The van der Waals surface area contributed by atoms with E-state index in [1.807, 2.05) is 18.2 Å². The summed E-state index contributed by atoms with van der Waals surface area (Å²) >= 11 is 0. The molecule has 4 rings (SSSR count). The fraction of sp³-hybridized carbons (Fsp3) is 0.200. The number of aromatic amines is 1. The molecule has 0 aliphatic carbocycles. The first-order valence-electron chi connectivity index (χ1n) is 7.22. The number of pyridine rings is 1. The van der Waals surface area contributed by atoms with Gasteiger partial charge in [-0.25, -0.2) is 9.50 Å². The van der Waals surface area contributed by atoms with Crippen LogP contribution in [0.1, 0.15) is 21.6 Å². The number of nitrogens with two attached hydrogens (primary N) is 1. The highest BCUT2D eigenvalue weighted by Gasteiger charge is 2.26. The Morgan fingerprint density at radius 1 is 1.35 bits per heavy atom. The molecule has 0 fully saturated rings. The van der Waals surface area contributed by atoms with Crippen LogP contribution in [0.4, 0.5) is 5.95 Å². The summed E-state index contributed by atoms with van der Waals surface area (Å²) in [6.07, 6.45) is 3.81. The lowest BCUT2D eigenvalue weighted by Gasteiger charge is -2.27. The Morgan fingerprint density at radius 2 is 2.22 bits per heavy atom. The van der Waals surface area contributed by atoms with Gasteiger partial charge in [-0.05, 0) is 18.6 Å². The Labute approximate surface area is 130 Å². The zero-order valence-corrected chi connectivity index (χ0v) is 12.2. The standard InChI is InChI=1S/C15H14N6O2/c16-15-18-11-8-20(6-4-9(11)13(22)19-15)14(23)10-7-17-21-5-2-1-3-12(10)21/h1-3,5,7H,4,6,8H2,(H3,16,18,19,22). The van der Waals surface area contributed by atoms with E-state index >= 15 is 0 Å². The number of anilines is 1. The molecule has 1 amide bonds. The number of hydrogen-bond donors (Lipinski definition) is 2. The van der Waals surface area contributed by atoms with Crippen LogP contribution in [0.15, 0.2) is 35.4 Å². The molecular weight excluding hydrogens is 296 g/mol. The molecule has 0 saturated heterocycles. The predicted octanol–water partition coefficient (Wildman–Crippen LogP) is 0.198. The van der Waals surface area contributed by atoms with E-state index in [2.05, 4.69) is 15.1 Å². The molecule has 0 unspecified atom stereocenters. The van der Waals surface area contributed by atoms with Crippen LogP contribution in [0.25, 0.3) is 5.52 Å². The van der Waals surface area contributed by atoms with Crippen molar-refractivity contribution in [1.29, 1.82) is 0 Å². The number of amides is 1. The third kappa shape index (κ3) is 2.15. The van der Waals surface area contributed by atoms with Gasteiger partial charge in [0, 0.05) is 18.3 Å². The highest BCUT2D eigenvalue weighted by Crippen LogP contribution is 2.19. The Morgan fingerprint density at radius 3 is 3.09 bits per heavy atom. The second-order valence-corrected chi connectivity index (χ2v) is 5.44. The smallest absolute Gasteiger partial charge is 0.258 e. The number of aromatic nitrogens is 4. The molecule has 8 heteroatoms. The molecule has 1 aliphatic rings. The van der Waals surface area contributed by atoms with Gasteiger partial charge >= 0.3 is 0 Å². The summed E-state index contributed by atoms with van der Waals surface area (Å²) in [7, 11) is 0. The van der Waals surface area contributed by atoms with E-state index < -0.39 is 0 Å². The van der Waals surface area contributed by atoms with Crippen molar-refractivity contribution >= 4 is 17.4 Å². The van der Waals surface area contributed by atoms with E-state index in [-0.39, 0.29) is 24.0 Å². The van der Waals surface area contributed by atoms with Gasteiger partial charge in [0.1, 0.15) is 0 Å². The van der Waals surface area contributed by atoms with E-state index in [9.17, 15) is 9.59 Å². The van der Waals surface area contributed by atoms with Crippen molar-refractivity contribution in [2.24, 2.45) is 0 Å². The van der Waals surface area contributed by atoms with Gasteiger partial charge in [-0.2, -0.15) is 5.10 Å². The van der Waals surface area contributed by atoms with Crippen LogP contribution in [0.3, 0.4) is 0 Å². The maximum atomic E-state index is 12.8. The number of rotatable bonds is 1. The third-order valence-corrected chi connectivity index (χ3v) is 4.04. The van der Waals surface area contributed by atoms with Crippen molar-refractivity contribution in [2.75, 3.05) is 12.3 Å². The normalized spacial score (nSPS) is 14.0. The average Bonchev–Trinajstić information content (AvgIpc) is 2.97. The Bertz CT molecular complexity index is 974. The van der Waals surface area contributed by atoms with Crippen LogP contribution in [0.5, 0.6) is 0 Å². The van der Waals surface area contributed by atoms with Gasteiger partial charge in [-0.3, -0.25) is 14.6 Å². The topological polar surface area (TPSA) is 109 Å². The lowest BCUT2D eigenvalue weighted by Crippen LogP contribution is -2.39. The van der Waals surface area contributed by atoms with Gasteiger partial charge in [-0.15, -0.1) is 0 Å². The van der Waals surface area contributed by atoms with Gasteiger partial charge in [-0.1, -0.05) is 6.07 Å². The second-order valence-electron chi connectivity index (χ2n) is 5.44. The average molecular weight is 310 g/mol. The predicted molar refractivity (Wildman–Crippen MR) is 82.9 cm³/mol. The number of carbonyl (C=O) groups excluding carboxylic acids is 1. The summed E-state index contributed by atoms with van der Waals surface area (Å²) in [5, 5.41) is 4.19. The van der Waals surface area contributed by atoms with E-state index in [0.717, 1.165) is 5.52 Å².